The molecule has 0 aromatic carbocycles. The van der Waals surface area contributed by atoms with E-state index in [2.05, 4.69) is 26.2 Å². The minimum Gasteiger partial charge on any atom is -0.375 e. The second-order valence-corrected chi connectivity index (χ2v) is 7.81. The van der Waals surface area contributed by atoms with Crippen LogP contribution in [0.2, 0.25) is 0 Å². The van der Waals surface area contributed by atoms with Crippen molar-refractivity contribution in [2.45, 2.75) is 37.3 Å². The number of sulfonamides is 1. The zero-order valence-corrected chi connectivity index (χ0v) is 14.7. The molecule has 1 aliphatic rings. The van der Waals surface area contributed by atoms with Gasteiger partial charge in [0.05, 0.1) is 12.7 Å². The van der Waals surface area contributed by atoms with Crippen molar-refractivity contribution in [3.63, 3.8) is 0 Å². The van der Waals surface area contributed by atoms with Gasteiger partial charge in [-0.05, 0) is 35.3 Å². The van der Waals surface area contributed by atoms with Crippen LogP contribution in [0.15, 0.2) is 21.6 Å². The minimum absolute atomic E-state index is 0.110. The number of aromatic nitrogens is 1. The van der Waals surface area contributed by atoms with E-state index in [0.717, 1.165) is 0 Å². The lowest BCUT2D eigenvalue weighted by Gasteiger charge is -2.37. The summed E-state index contributed by atoms with van der Waals surface area (Å²) in [7, 11) is -1.96. The average Bonchev–Trinajstić information content (AvgIpc) is 2.47. The highest BCUT2D eigenvalue weighted by atomic mass is 79.9. The average molecular weight is 378 g/mol. The van der Waals surface area contributed by atoms with Crippen molar-refractivity contribution in [1.29, 1.82) is 0 Å². The zero-order valence-electron chi connectivity index (χ0n) is 12.3. The van der Waals surface area contributed by atoms with E-state index in [1.165, 1.54) is 4.31 Å². The maximum atomic E-state index is 13.0. The van der Waals surface area contributed by atoms with Gasteiger partial charge >= 0.3 is 0 Å². The van der Waals surface area contributed by atoms with Gasteiger partial charge in [-0.2, -0.15) is 4.31 Å². The summed E-state index contributed by atoms with van der Waals surface area (Å²) in [5, 5.41) is 2.84. The van der Waals surface area contributed by atoms with Crippen LogP contribution in [0.3, 0.4) is 0 Å². The molecule has 0 radical (unpaired) electrons. The molecule has 6 nitrogen and oxygen atoms in total. The highest BCUT2D eigenvalue weighted by Crippen LogP contribution is 2.29. The fourth-order valence-electron chi connectivity index (χ4n) is 2.36. The third-order valence-electron chi connectivity index (χ3n) is 3.53. The van der Waals surface area contributed by atoms with Crippen LogP contribution in [-0.4, -0.2) is 50.1 Å². The molecule has 1 aliphatic heterocycles. The van der Waals surface area contributed by atoms with Crippen molar-refractivity contribution < 1.29 is 13.2 Å². The fraction of sp³-hybridized carbons (Fsp3) is 0.615. The normalized spacial score (nSPS) is 24.0. The van der Waals surface area contributed by atoms with E-state index in [9.17, 15) is 8.42 Å². The van der Waals surface area contributed by atoms with Gasteiger partial charge in [-0.25, -0.2) is 13.4 Å². The van der Waals surface area contributed by atoms with Crippen LogP contribution in [0, 0.1) is 0 Å². The number of halogens is 1. The standard InChI is InChI=1S/C13H20BrN3O3S/c1-4-11-8-20-9(2)7-17(11)21(18,19)12-5-10(14)6-16-13(12)15-3/h5-6,9,11H,4,7-8H2,1-3H3,(H,15,16). The minimum atomic E-state index is -3.62. The number of pyridine rings is 1. The van der Waals surface area contributed by atoms with Crippen LogP contribution < -0.4 is 5.32 Å². The Labute approximate surface area is 134 Å². The molecule has 1 fully saturated rings. The molecule has 21 heavy (non-hydrogen) atoms. The summed E-state index contributed by atoms with van der Waals surface area (Å²) in [5.41, 5.74) is 0. The first kappa shape index (κ1) is 16.7. The van der Waals surface area contributed by atoms with Crippen molar-refractivity contribution in [1.82, 2.24) is 9.29 Å². The third-order valence-corrected chi connectivity index (χ3v) is 5.90. The summed E-state index contributed by atoms with van der Waals surface area (Å²) in [6.07, 6.45) is 2.17. The highest BCUT2D eigenvalue weighted by molar-refractivity contribution is 9.10. The quantitative estimate of drug-likeness (QED) is 0.869. The first-order valence-corrected chi connectivity index (χ1v) is 9.10. The van der Waals surface area contributed by atoms with Gasteiger partial charge in [-0.15, -0.1) is 0 Å². The summed E-state index contributed by atoms with van der Waals surface area (Å²) < 4.78 is 33.8. The van der Waals surface area contributed by atoms with Gasteiger partial charge in [-0.1, -0.05) is 6.92 Å². The molecule has 118 valence electrons. The summed E-state index contributed by atoms with van der Waals surface area (Å²) >= 11 is 3.29. The Hall–Kier alpha value is -0.700. The number of hydrogen-bond donors (Lipinski definition) is 1. The predicted molar refractivity (Wildman–Crippen MR) is 84.9 cm³/mol. The lowest BCUT2D eigenvalue weighted by Crippen LogP contribution is -2.51. The predicted octanol–water partition coefficient (Wildman–Crippen LogP) is 2.07. The molecule has 0 saturated carbocycles. The topological polar surface area (TPSA) is 71.5 Å². The highest BCUT2D eigenvalue weighted by Gasteiger charge is 2.37. The number of nitrogens with zero attached hydrogens (tertiary/aromatic N) is 2. The van der Waals surface area contributed by atoms with Crippen LogP contribution in [0.25, 0.3) is 0 Å². The molecule has 1 aromatic rings. The Morgan fingerprint density at radius 1 is 1.57 bits per heavy atom. The molecule has 0 bridgehead atoms. The molecule has 2 atom stereocenters. The maximum Gasteiger partial charge on any atom is 0.247 e. The molecule has 1 aromatic heterocycles. The van der Waals surface area contributed by atoms with E-state index in [0.29, 0.717) is 29.9 Å². The second-order valence-electron chi connectivity index (χ2n) is 5.03. The summed E-state index contributed by atoms with van der Waals surface area (Å²) in [5.74, 6) is 0.354. The molecule has 2 heterocycles. The van der Waals surface area contributed by atoms with Crippen molar-refractivity contribution in [3.8, 4) is 0 Å². The Balaban J connectivity index is 2.47. The number of ether oxygens (including phenoxy) is 1. The van der Waals surface area contributed by atoms with Gasteiger partial charge in [0.25, 0.3) is 0 Å². The van der Waals surface area contributed by atoms with E-state index < -0.39 is 10.0 Å². The van der Waals surface area contributed by atoms with Gasteiger partial charge in [0.15, 0.2) is 0 Å². The maximum absolute atomic E-state index is 13.0. The van der Waals surface area contributed by atoms with Crippen molar-refractivity contribution in [3.05, 3.63) is 16.7 Å². The van der Waals surface area contributed by atoms with Gasteiger partial charge in [0, 0.05) is 30.3 Å². The summed E-state index contributed by atoms with van der Waals surface area (Å²) in [6, 6.07) is 1.44. The van der Waals surface area contributed by atoms with Gasteiger partial charge < -0.3 is 10.1 Å². The van der Waals surface area contributed by atoms with E-state index in [4.69, 9.17) is 4.74 Å². The monoisotopic (exact) mass is 377 g/mol. The third kappa shape index (κ3) is 3.39. The molecule has 8 heteroatoms. The van der Waals surface area contributed by atoms with Crippen LogP contribution in [0.5, 0.6) is 0 Å². The number of anilines is 1. The van der Waals surface area contributed by atoms with Gasteiger partial charge in [-0.3, -0.25) is 0 Å². The molecule has 0 spiro atoms. The Morgan fingerprint density at radius 3 is 2.90 bits per heavy atom. The number of nitrogens with one attached hydrogen (secondary N) is 1. The first-order valence-electron chi connectivity index (χ1n) is 6.86. The molecular weight excluding hydrogens is 358 g/mol. The van der Waals surface area contributed by atoms with Gasteiger partial charge in [0.2, 0.25) is 10.0 Å². The van der Waals surface area contributed by atoms with Crippen LogP contribution >= 0.6 is 15.9 Å². The first-order chi connectivity index (χ1) is 9.90. The Morgan fingerprint density at radius 2 is 2.29 bits per heavy atom. The lowest BCUT2D eigenvalue weighted by molar-refractivity contribution is -0.0230. The molecular formula is C13H20BrN3O3S. The van der Waals surface area contributed by atoms with Crippen molar-refractivity contribution in [2.75, 3.05) is 25.5 Å². The largest absolute Gasteiger partial charge is 0.375 e. The Bertz CT molecular complexity index is 609. The SMILES string of the molecule is CCC1COC(C)CN1S(=O)(=O)c1cc(Br)cnc1NC. The van der Waals surface area contributed by atoms with E-state index in [1.807, 2.05) is 13.8 Å². The zero-order chi connectivity index (χ0) is 15.6. The lowest BCUT2D eigenvalue weighted by atomic mass is 10.2. The molecule has 2 rings (SSSR count). The number of morpholine rings is 1. The summed E-state index contributed by atoms with van der Waals surface area (Å²) in [6.45, 7) is 4.63. The molecule has 1 saturated heterocycles. The number of rotatable bonds is 4. The number of hydrogen-bond acceptors (Lipinski definition) is 5. The molecule has 0 aliphatic carbocycles. The fourth-order valence-corrected chi connectivity index (χ4v) is 4.78. The Kier molecular flexibility index (Phi) is 5.24. The van der Waals surface area contributed by atoms with E-state index in [-0.39, 0.29) is 17.0 Å². The van der Waals surface area contributed by atoms with Crippen molar-refractivity contribution >= 4 is 31.8 Å². The van der Waals surface area contributed by atoms with Gasteiger partial charge in [0.1, 0.15) is 10.7 Å². The molecule has 0 amide bonds. The van der Waals surface area contributed by atoms with Crippen LogP contribution in [-0.2, 0) is 14.8 Å². The van der Waals surface area contributed by atoms with Crippen molar-refractivity contribution in [2.24, 2.45) is 0 Å². The molecule has 1 N–H and O–H groups in total. The molecule has 2 unspecified atom stereocenters. The van der Waals surface area contributed by atoms with E-state index in [1.54, 1.807) is 19.3 Å². The second kappa shape index (κ2) is 6.60. The summed E-state index contributed by atoms with van der Waals surface area (Å²) in [4.78, 5) is 4.32. The van der Waals surface area contributed by atoms with Crippen LogP contribution in [0.4, 0.5) is 5.82 Å². The van der Waals surface area contributed by atoms with Crippen LogP contribution in [0.1, 0.15) is 20.3 Å². The smallest absolute Gasteiger partial charge is 0.247 e. The van der Waals surface area contributed by atoms with E-state index >= 15 is 0 Å².